The molecule has 0 aromatic heterocycles. The predicted octanol–water partition coefficient (Wildman–Crippen LogP) is 3.87. The summed E-state index contributed by atoms with van der Waals surface area (Å²) in [6.45, 7) is 0. The number of hydroxylamine groups is 1. The number of benzene rings is 3. The van der Waals surface area contributed by atoms with Crippen LogP contribution in [-0.2, 0) is 10.6 Å². The summed E-state index contributed by atoms with van der Waals surface area (Å²) in [6.07, 6.45) is 0. The highest BCUT2D eigenvalue weighted by atomic mass is 16.7. The van der Waals surface area contributed by atoms with E-state index >= 15 is 0 Å². The van der Waals surface area contributed by atoms with Gasteiger partial charge in [-0.1, -0.05) is 91.0 Å². The lowest BCUT2D eigenvalue weighted by Gasteiger charge is -2.24. The molecule has 1 aliphatic rings. The normalized spacial score (nSPS) is 15.7. The zero-order valence-electron chi connectivity index (χ0n) is 12.5. The van der Waals surface area contributed by atoms with E-state index < -0.39 is 5.72 Å². The van der Waals surface area contributed by atoms with E-state index in [-0.39, 0.29) is 0 Å². The zero-order valence-corrected chi connectivity index (χ0v) is 12.5. The van der Waals surface area contributed by atoms with Crippen LogP contribution in [0, 0.1) is 0 Å². The van der Waals surface area contributed by atoms with Gasteiger partial charge in [-0.05, 0) is 0 Å². The minimum atomic E-state index is -0.867. The first-order chi connectivity index (χ1) is 11.4. The van der Waals surface area contributed by atoms with Gasteiger partial charge in [-0.3, -0.25) is 0 Å². The number of aliphatic imine (C=N–C) groups is 1. The SMILES string of the molecule is c1ccc(C2=NC(c3ccccc3)(c3ccccc3)ON2)cc1. The lowest BCUT2D eigenvalue weighted by molar-refractivity contribution is -0.0286. The summed E-state index contributed by atoms with van der Waals surface area (Å²) in [4.78, 5) is 10.9. The third kappa shape index (κ3) is 2.41. The molecule has 1 N–H and O–H groups in total. The lowest BCUT2D eigenvalue weighted by Crippen LogP contribution is -2.29. The second kappa shape index (κ2) is 5.71. The van der Waals surface area contributed by atoms with Crippen LogP contribution in [0.1, 0.15) is 16.7 Å². The highest BCUT2D eigenvalue weighted by Gasteiger charge is 2.40. The highest BCUT2D eigenvalue weighted by Crippen LogP contribution is 2.37. The molecule has 112 valence electrons. The third-order valence-electron chi connectivity index (χ3n) is 3.94. The molecule has 1 heterocycles. The van der Waals surface area contributed by atoms with Gasteiger partial charge in [0.2, 0.25) is 5.72 Å². The zero-order chi connectivity index (χ0) is 15.5. The van der Waals surface area contributed by atoms with Gasteiger partial charge in [-0.2, -0.15) is 0 Å². The first-order valence-corrected chi connectivity index (χ1v) is 7.59. The van der Waals surface area contributed by atoms with Crippen molar-refractivity contribution in [2.24, 2.45) is 4.99 Å². The van der Waals surface area contributed by atoms with Gasteiger partial charge in [0.25, 0.3) is 0 Å². The second-order valence-corrected chi connectivity index (χ2v) is 5.41. The van der Waals surface area contributed by atoms with E-state index in [0.717, 1.165) is 22.5 Å². The summed E-state index contributed by atoms with van der Waals surface area (Å²) in [6, 6.07) is 30.1. The van der Waals surface area contributed by atoms with Crippen LogP contribution >= 0.6 is 0 Å². The van der Waals surface area contributed by atoms with Crippen LogP contribution in [0.2, 0.25) is 0 Å². The molecule has 3 nitrogen and oxygen atoms in total. The molecular weight excluding hydrogens is 284 g/mol. The summed E-state index contributed by atoms with van der Waals surface area (Å²) in [7, 11) is 0. The Morgan fingerprint density at radius 3 is 1.65 bits per heavy atom. The maximum atomic E-state index is 6.03. The Balaban J connectivity index is 1.87. The molecule has 1 aliphatic heterocycles. The van der Waals surface area contributed by atoms with E-state index in [4.69, 9.17) is 9.83 Å². The predicted molar refractivity (Wildman–Crippen MR) is 90.9 cm³/mol. The van der Waals surface area contributed by atoms with Crippen LogP contribution in [0.4, 0.5) is 0 Å². The van der Waals surface area contributed by atoms with Crippen molar-refractivity contribution in [3.8, 4) is 0 Å². The van der Waals surface area contributed by atoms with Gasteiger partial charge in [0.05, 0.1) is 0 Å². The van der Waals surface area contributed by atoms with Gasteiger partial charge < -0.3 is 0 Å². The molecule has 3 aromatic rings. The molecule has 3 heteroatoms. The van der Waals surface area contributed by atoms with Gasteiger partial charge in [0.1, 0.15) is 0 Å². The monoisotopic (exact) mass is 300 g/mol. The summed E-state index contributed by atoms with van der Waals surface area (Å²) in [5.41, 5.74) is 5.13. The van der Waals surface area contributed by atoms with E-state index in [1.54, 1.807) is 0 Å². The standard InChI is InChI=1S/C20H16N2O/c1-4-10-16(11-5-1)19-21-20(23-22-19,17-12-6-2-7-13-17)18-14-8-3-9-15-18/h1-15H,(H,21,22). The number of amidine groups is 1. The van der Waals surface area contributed by atoms with E-state index in [1.165, 1.54) is 0 Å². The maximum Gasteiger partial charge on any atom is 0.238 e. The molecule has 3 aromatic carbocycles. The van der Waals surface area contributed by atoms with Gasteiger partial charge in [-0.15, -0.1) is 0 Å². The topological polar surface area (TPSA) is 33.6 Å². The quantitative estimate of drug-likeness (QED) is 0.796. The molecule has 0 bridgehead atoms. The Bertz CT molecular complexity index is 775. The Hall–Kier alpha value is -2.91. The fraction of sp³-hybridized carbons (Fsp3) is 0.0500. The van der Waals surface area contributed by atoms with Crippen LogP contribution in [0.25, 0.3) is 0 Å². The summed E-state index contributed by atoms with van der Waals surface area (Å²) >= 11 is 0. The van der Waals surface area contributed by atoms with Crippen LogP contribution in [0.15, 0.2) is 96.0 Å². The van der Waals surface area contributed by atoms with Crippen molar-refractivity contribution in [1.82, 2.24) is 5.48 Å². The van der Waals surface area contributed by atoms with Crippen LogP contribution < -0.4 is 5.48 Å². The lowest BCUT2D eigenvalue weighted by atomic mass is 9.95. The molecule has 0 saturated carbocycles. The van der Waals surface area contributed by atoms with Gasteiger partial charge in [-0.25, -0.2) is 15.3 Å². The first-order valence-electron chi connectivity index (χ1n) is 7.59. The number of hydrogen-bond acceptors (Lipinski definition) is 3. The molecule has 0 aliphatic carbocycles. The highest BCUT2D eigenvalue weighted by molar-refractivity contribution is 5.99. The van der Waals surface area contributed by atoms with E-state index in [1.807, 2.05) is 91.0 Å². The Morgan fingerprint density at radius 1 is 0.652 bits per heavy atom. The average Bonchev–Trinajstić information content (AvgIpc) is 3.11. The fourth-order valence-corrected chi connectivity index (χ4v) is 2.79. The van der Waals surface area contributed by atoms with Crippen molar-refractivity contribution in [3.63, 3.8) is 0 Å². The van der Waals surface area contributed by atoms with Gasteiger partial charge in [0, 0.05) is 16.7 Å². The minimum Gasteiger partial charge on any atom is -0.245 e. The van der Waals surface area contributed by atoms with Crippen molar-refractivity contribution in [3.05, 3.63) is 108 Å². The summed E-state index contributed by atoms with van der Waals surface area (Å²) < 4.78 is 0. The average molecular weight is 300 g/mol. The second-order valence-electron chi connectivity index (χ2n) is 5.41. The molecular formula is C20H16N2O. The molecule has 0 fully saturated rings. The van der Waals surface area contributed by atoms with Crippen LogP contribution in [0.3, 0.4) is 0 Å². The molecule has 0 spiro atoms. The van der Waals surface area contributed by atoms with E-state index in [0.29, 0.717) is 0 Å². The van der Waals surface area contributed by atoms with Crippen LogP contribution in [0.5, 0.6) is 0 Å². The van der Waals surface area contributed by atoms with Crippen molar-refractivity contribution < 1.29 is 4.84 Å². The number of nitrogens with one attached hydrogen (secondary N) is 1. The van der Waals surface area contributed by atoms with Gasteiger partial charge >= 0.3 is 0 Å². The largest absolute Gasteiger partial charge is 0.245 e. The fourth-order valence-electron chi connectivity index (χ4n) is 2.79. The molecule has 0 radical (unpaired) electrons. The van der Waals surface area contributed by atoms with Crippen molar-refractivity contribution in [2.75, 3.05) is 0 Å². The summed E-state index contributed by atoms with van der Waals surface area (Å²) in [5, 5.41) is 0. The molecule has 23 heavy (non-hydrogen) atoms. The first kappa shape index (κ1) is 13.7. The molecule has 0 amide bonds. The molecule has 0 unspecified atom stereocenters. The number of nitrogens with zero attached hydrogens (tertiary/aromatic N) is 1. The van der Waals surface area contributed by atoms with E-state index in [9.17, 15) is 0 Å². The minimum absolute atomic E-state index is 0.735. The molecule has 0 atom stereocenters. The molecule has 0 saturated heterocycles. The number of hydrogen-bond donors (Lipinski definition) is 1. The number of rotatable bonds is 3. The maximum absolute atomic E-state index is 6.03. The van der Waals surface area contributed by atoms with Crippen molar-refractivity contribution in [2.45, 2.75) is 5.72 Å². The van der Waals surface area contributed by atoms with Crippen LogP contribution in [-0.4, -0.2) is 5.84 Å². The Kier molecular flexibility index (Phi) is 3.41. The van der Waals surface area contributed by atoms with Crippen molar-refractivity contribution in [1.29, 1.82) is 0 Å². The Morgan fingerprint density at radius 2 is 1.13 bits per heavy atom. The van der Waals surface area contributed by atoms with E-state index in [2.05, 4.69) is 5.48 Å². The summed E-state index contributed by atoms with van der Waals surface area (Å²) in [5.74, 6) is 0.735. The smallest absolute Gasteiger partial charge is 0.238 e. The van der Waals surface area contributed by atoms with Gasteiger partial charge in [0.15, 0.2) is 5.84 Å². The molecule has 4 rings (SSSR count). The third-order valence-corrected chi connectivity index (χ3v) is 3.94. The van der Waals surface area contributed by atoms with Crippen molar-refractivity contribution >= 4 is 5.84 Å². The Labute approximate surface area is 135 Å².